The summed E-state index contributed by atoms with van der Waals surface area (Å²) in [4.78, 5) is 4.02. The molecule has 1 fully saturated rings. The van der Waals surface area contributed by atoms with Gasteiger partial charge in [0.25, 0.3) is 0 Å². The molecule has 2 heterocycles. The fourth-order valence-corrected chi connectivity index (χ4v) is 2.98. The molecule has 2 atom stereocenters. The van der Waals surface area contributed by atoms with Gasteiger partial charge in [-0.3, -0.25) is 0 Å². The molecule has 20 heavy (non-hydrogen) atoms. The highest BCUT2D eigenvalue weighted by Gasteiger charge is 2.41. The summed E-state index contributed by atoms with van der Waals surface area (Å²) in [6, 6.07) is 7.94. The number of halogens is 1. The van der Waals surface area contributed by atoms with Crippen molar-refractivity contribution in [3.8, 4) is 0 Å². The minimum atomic E-state index is -0.320. The fraction of sp³-hybridized carbons (Fsp3) is 0.467. The van der Waals surface area contributed by atoms with Crippen LogP contribution in [0.5, 0.6) is 0 Å². The lowest BCUT2D eigenvalue weighted by Crippen LogP contribution is -2.31. The molecule has 1 aliphatic heterocycles. The van der Waals surface area contributed by atoms with Crippen LogP contribution in [-0.4, -0.2) is 21.4 Å². The van der Waals surface area contributed by atoms with E-state index in [2.05, 4.69) is 29.1 Å². The molecule has 1 saturated heterocycles. The van der Waals surface area contributed by atoms with E-state index < -0.39 is 0 Å². The maximum Gasteiger partial charge on any atom is 0.137 e. The zero-order chi connectivity index (χ0) is 14.0. The van der Waals surface area contributed by atoms with Gasteiger partial charge < -0.3 is 4.74 Å². The summed E-state index contributed by atoms with van der Waals surface area (Å²) in [5.74, 6) is 0.592. The van der Waals surface area contributed by atoms with Crippen molar-refractivity contribution in [1.29, 1.82) is 0 Å². The molecule has 0 N–H and O–H groups in total. The number of benzene rings is 1. The van der Waals surface area contributed by atoms with E-state index >= 15 is 0 Å². The van der Waals surface area contributed by atoms with Crippen LogP contribution in [0.1, 0.15) is 25.3 Å². The van der Waals surface area contributed by atoms with Gasteiger partial charge in [-0.25, -0.2) is 9.67 Å². The van der Waals surface area contributed by atoms with Gasteiger partial charge in [-0.1, -0.05) is 37.1 Å². The molecule has 0 amide bonds. The van der Waals surface area contributed by atoms with Gasteiger partial charge in [-0.2, -0.15) is 5.10 Å². The second-order valence-corrected chi connectivity index (χ2v) is 5.82. The second kappa shape index (κ2) is 5.54. The van der Waals surface area contributed by atoms with Crippen LogP contribution in [-0.2, 0) is 16.9 Å². The minimum absolute atomic E-state index is 0.320. The number of nitrogens with zero attached hydrogens (tertiary/aromatic N) is 3. The molecule has 1 aromatic carbocycles. The van der Waals surface area contributed by atoms with Crippen LogP contribution in [0.2, 0.25) is 5.02 Å². The lowest BCUT2D eigenvalue weighted by molar-refractivity contribution is -0.0177. The highest BCUT2D eigenvalue weighted by molar-refractivity contribution is 6.30. The second-order valence-electron chi connectivity index (χ2n) is 5.38. The summed E-state index contributed by atoms with van der Waals surface area (Å²) in [5, 5.41) is 4.96. The summed E-state index contributed by atoms with van der Waals surface area (Å²) in [6.45, 7) is 3.69. The van der Waals surface area contributed by atoms with E-state index in [1.165, 1.54) is 0 Å². The molecule has 0 saturated carbocycles. The largest absolute Gasteiger partial charge is 0.368 e. The molecule has 0 aliphatic carbocycles. The quantitative estimate of drug-likeness (QED) is 0.868. The predicted molar refractivity (Wildman–Crippen MR) is 77.5 cm³/mol. The Morgan fingerprint density at radius 1 is 1.40 bits per heavy atom. The summed E-state index contributed by atoms with van der Waals surface area (Å²) in [6.07, 6.45) is 5.43. The van der Waals surface area contributed by atoms with Crippen LogP contribution in [0, 0.1) is 5.92 Å². The average Bonchev–Trinajstić information content (AvgIpc) is 3.10. The Balaban J connectivity index is 1.93. The topological polar surface area (TPSA) is 39.9 Å². The smallest absolute Gasteiger partial charge is 0.137 e. The Morgan fingerprint density at radius 3 is 2.80 bits per heavy atom. The zero-order valence-electron chi connectivity index (χ0n) is 11.5. The first kappa shape index (κ1) is 13.6. The maximum atomic E-state index is 6.21. The lowest BCUT2D eigenvalue weighted by atomic mass is 9.86. The third kappa shape index (κ3) is 2.58. The van der Waals surface area contributed by atoms with Gasteiger partial charge in [0, 0.05) is 5.02 Å². The third-order valence-corrected chi connectivity index (χ3v) is 4.30. The standard InChI is InChI=1S/C15H18ClN3O/c1-2-12-7-15(20-8-12,9-19-11-17-10-18-19)13-3-5-14(16)6-4-13/h3-6,10-12H,2,7-9H2,1H3. The van der Waals surface area contributed by atoms with Gasteiger partial charge in [-0.05, 0) is 30.0 Å². The summed E-state index contributed by atoms with van der Waals surface area (Å²) < 4.78 is 8.05. The van der Waals surface area contributed by atoms with E-state index in [0.29, 0.717) is 12.5 Å². The number of ether oxygens (including phenoxy) is 1. The van der Waals surface area contributed by atoms with Crippen LogP contribution in [0.3, 0.4) is 0 Å². The molecule has 3 rings (SSSR count). The fourth-order valence-electron chi connectivity index (χ4n) is 2.86. The average molecular weight is 292 g/mol. The van der Waals surface area contributed by atoms with Crippen molar-refractivity contribution in [3.63, 3.8) is 0 Å². The molecule has 5 heteroatoms. The van der Waals surface area contributed by atoms with E-state index in [4.69, 9.17) is 16.3 Å². The molecule has 106 valence electrons. The summed E-state index contributed by atoms with van der Waals surface area (Å²) in [7, 11) is 0. The van der Waals surface area contributed by atoms with Gasteiger partial charge in [0.05, 0.1) is 13.2 Å². The van der Waals surface area contributed by atoms with Crippen molar-refractivity contribution >= 4 is 11.6 Å². The summed E-state index contributed by atoms with van der Waals surface area (Å²) >= 11 is 5.99. The first-order valence-electron chi connectivity index (χ1n) is 6.94. The first-order chi connectivity index (χ1) is 9.72. The number of hydrogen-bond acceptors (Lipinski definition) is 3. The van der Waals surface area contributed by atoms with E-state index in [1.807, 2.05) is 16.8 Å². The molecule has 1 aliphatic rings. The van der Waals surface area contributed by atoms with Gasteiger partial charge >= 0.3 is 0 Å². The van der Waals surface area contributed by atoms with Gasteiger partial charge in [0.2, 0.25) is 0 Å². The molecule has 0 bridgehead atoms. The third-order valence-electron chi connectivity index (χ3n) is 4.05. The molecule has 0 spiro atoms. The van der Waals surface area contributed by atoms with E-state index in [1.54, 1.807) is 12.7 Å². The number of hydrogen-bond donors (Lipinski definition) is 0. The molecule has 0 radical (unpaired) electrons. The zero-order valence-corrected chi connectivity index (χ0v) is 12.3. The number of aromatic nitrogens is 3. The SMILES string of the molecule is CCC1COC(Cn2cncn2)(c2ccc(Cl)cc2)C1. The van der Waals surface area contributed by atoms with Crippen LogP contribution in [0.25, 0.3) is 0 Å². The molecular weight excluding hydrogens is 274 g/mol. The number of rotatable bonds is 4. The maximum absolute atomic E-state index is 6.21. The van der Waals surface area contributed by atoms with Crippen molar-refractivity contribution in [2.24, 2.45) is 5.92 Å². The van der Waals surface area contributed by atoms with Crippen molar-refractivity contribution in [1.82, 2.24) is 14.8 Å². The van der Waals surface area contributed by atoms with Crippen LogP contribution >= 0.6 is 11.6 Å². The Bertz CT molecular complexity index is 555. The minimum Gasteiger partial charge on any atom is -0.368 e. The molecule has 1 aromatic heterocycles. The van der Waals surface area contributed by atoms with Gasteiger partial charge in [-0.15, -0.1) is 0 Å². The molecular formula is C15H18ClN3O. The van der Waals surface area contributed by atoms with Crippen LogP contribution in [0.15, 0.2) is 36.9 Å². The van der Waals surface area contributed by atoms with E-state index in [-0.39, 0.29) is 5.60 Å². The Morgan fingerprint density at radius 2 is 2.20 bits per heavy atom. The van der Waals surface area contributed by atoms with Crippen LogP contribution < -0.4 is 0 Å². The first-order valence-corrected chi connectivity index (χ1v) is 7.32. The monoisotopic (exact) mass is 291 g/mol. The Hall–Kier alpha value is -1.39. The predicted octanol–water partition coefficient (Wildman–Crippen LogP) is 3.27. The van der Waals surface area contributed by atoms with Crippen molar-refractivity contribution < 1.29 is 4.74 Å². The Labute approximate surface area is 123 Å². The van der Waals surface area contributed by atoms with Crippen molar-refractivity contribution in [3.05, 3.63) is 47.5 Å². The highest BCUT2D eigenvalue weighted by atomic mass is 35.5. The van der Waals surface area contributed by atoms with E-state index in [9.17, 15) is 0 Å². The van der Waals surface area contributed by atoms with Gasteiger partial charge in [0.1, 0.15) is 18.3 Å². The van der Waals surface area contributed by atoms with Crippen molar-refractivity contribution in [2.45, 2.75) is 31.9 Å². The van der Waals surface area contributed by atoms with Gasteiger partial charge in [0.15, 0.2) is 0 Å². The van der Waals surface area contributed by atoms with Crippen molar-refractivity contribution in [2.75, 3.05) is 6.61 Å². The molecule has 4 nitrogen and oxygen atoms in total. The normalized spacial score (nSPS) is 26.0. The molecule has 2 aromatic rings. The molecule has 2 unspecified atom stereocenters. The summed E-state index contributed by atoms with van der Waals surface area (Å²) in [5.41, 5.74) is 0.840. The van der Waals surface area contributed by atoms with Crippen LogP contribution in [0.4, 0.5) is 0 Å². The lowest BCUT2D eigenvalue weighted by Gasteiger charge is -2.29. The Kier molecular flexibility index (Phi) is 3.76. The highest BCUT2D eigenvalue weighted by Crippen LogP contribution is 2.41. The van der Waals surface area contributed by atoms with E-state index in [0.717, 1.165) is 30.0 Å².